The minimum atomic E-state index is -3.74. The lowest BCUT2D eigenvalue weighted by molar-refractivity contribution is -0.131. The van der Waals surface area contributed by atoms with E-state index in [4.69, 9.17) is 4.74 Å². The Labute approximate surface area is 143 Å². The van der Waals surface area contributed by atoms with E-state index >= 15 is 0 Å². The highest BCUT2D eigenvalue weighted by Gasteiger charge is 2.27. The largest absolute Gasteiger partial charge is 0.491 e. The third kappa shape index (κ3) is 5.38. The van der Waals surface area contributed by atoms with Gasteiger partial charge in [-0.3, -0.25) is 9.52 Å². The summed E-state index contributed by atoms with van der Waals surface area (Å²) in [6.45, 7) is 7.62. The average molecular weight is 355 g/mol. The predicted molar refractivity (Wildman–Crippen MR) is 93.7 cm³/mol. The molecule has 1 heterocycles. The first-order valence-corrected chi connectivity index (χ1v) is 9.69. The van der Waals surface area contributed by atoms with Crippen molar-refractivity contribution in [2.75, 3.05) is 30.1 Å². The van der Waals surface area contributed by atoms with Crippen molar-refractivity contribution in [3.05, 3.63) is 24.3 Å². The van der Waals surface area contributed by atoms with Crippen LogP contribution in [0.1, 0.15) is 20.8 Å². The molecule has 1 fully saturated rings. The summed E-state index contributed by atoms with van der Waals surface area (Å²) in [5, 5.41) is 3.17. The molecule has 1 atom stereocenters. The van der Waals surface area contributed by atoms with Crippen LogP contribution in [0.2, 0.25) is 0 Å². The van der Waals surface area contributed by atoms with Crippen molar-refractivity contribution in [3.8, 4) is 5.75 Å². The van der Waals surface area contributed by atoms with Gasteiger partial charge in [0, 0.05) is 31.4 Å². The van der Waals surface area contributed by atoms with E-state index in [0.717, 1.165) is 0 Å². The van der Waals surface area contributed by atoms with Gasteiger partial charge >= 0.3 is 0 Å². The Hall–Kier alpha value is -1.80. The van der Waals surface area contributed by atoms with Crippen LogP contribution in [0.5, 0.6) is 5.75 Å². The second kappa shape index (κ2) is 7.85. The molecule has 1 aromatic carbocycles. The number of carbonyl (C=O) groups excluding carboxylic acids is 1. The van der Waals surface area contributed by atoms with Gasteiger partial charge in [0.05, 0.1) is 6.10 Å². The van der Waals surface area contributed by atoms with Gasteiger partial charge in [0.25, 0.3) is 0 Å². The van der Waals surface area contributed by atoms with Crippen LogP contribution in [0.15, 0.2) is 24.3 Å². The number of anilines is 1. The lowest BCUT2D eigenvalue weighted by Crippen LogP contribution is -2.53. The number of nitrogens with zero attached hydrogens (tertiary/aromatic N) is 1. The van der Waals surface area contributed by atoms with Gasteiger partial charge < -0.3 is 15.0 Å². The summed E-state index contributed by atoms with van der Waals surface area (Å²) in [6, 6.07) is 6.62. The number of rotatable bonds is 6. The molecule has 1 amide bonds. The first-order valence-electron chi connectivity index (χ1n) is 8.04. The molecule has 0 saturated carbocycles. The van der Waals surface area contributed by atoms with E-state index in [1.54, 1.807) is 29.2 Å². The number of carbonyl (C=O) groups is 1. The number of benzene rings is 1. The van der Waals surface area contributed by atoms with Gasteiger partial charge in [-0.25, -0.2) is 8.42 Å². The standard InChI is InChI=1S/C16H25N3O4S/c1-12(2)23-15-6-4-14(5-7-15)18-24(21,22)11-16(20)19-9-8-17-10-13(19)3/h4-7,12-13,17-18H,8-11H2,1-3H3/t13-/m1/s1. The maximum atomic E-state index is 12.2. The molecule has 134 valence electrons. The van der Waals surface area contributed by atoms with Crippen LogP contribution in [-0.2, 0) is 14.8 Å². The summed E-state index contributed by atoms with van der Waals surface area (Å²) in [4.78, 5) is 13.9. The van der Waals surface area contributed by atoms with Crippen LogP contribution in [0, 0.1) is 0 Å². The van der Waals surface area contributed by atoms with E-state index < -0.39 is 15.8 Å². The van der Waals surface area contributed by atoms with Gasteiger partial charge in [0.1, 0.15) is 11.5 Å². The van der Waals surface area contributed by atoms with Gasteiger partial charge in [0.15, 0.2) is 0 Å². The van der Waals surface area contributed by atoms with Crippen LogP contribution in [0.3, 0.4) is 0 Å². The van der Waals surface area contributed by atoms with E-state index in [9.17, 15) is 13.2 Å². The van der Waals surface area contributed by atoms with Crippen molar-refractivity contribution in [2.45, 2.75) is 32.9 Å². The minimum absolute atomic E-state index is 0.00563. The zero-order chi connectivity index (χ0) is 17.7. The number of ether oxygens (including phenoxy) is 1. The highest BCUT2D eigenvalue weighted by Crippen LogP contribution is 2.18. The molecule has 0 aliphatic carbocycles. The molecule has 0 unspecified atom stereocenters. The van der Waals surface area contributed by atoms with E-state index in [2.05, 4.69) is 10.0 Å². The molecule has 1 aliphatic heterocycles. The van der Waals surface area contributed by atoms with Crippen LogP contribution in [-0.4, -0.2) is 56.8 Å². The SMILES string of the molecule is CC(C)Oc1ccc(NS(=O)(=O)CC(=O)N2CCNC[C@H]2C)cc1. The molecule has 2 rings (SSSR count). The molecular weight excluding hydrogens is 330 g/mol. The normalized spacial score (nSPS) is 18.5. The number of sulfonamides is 1. The highest BCUT2D eigenvalue weighted by molar-refractivity contribution is 7.93. The molecular formula is C16H25N3O4S. The quantitative estimate of drug-likeness (QED) is 0.796. The van der Waals surface area contributed by atoms with Gasteiger partial charge in [0.2, 0.25) is 15.9 Å². The molecule has 0 spiro atoms. The highest BCUT2D eigenvalue weighted by atomic mass is 32.2. The Morgan fingerprint density at radius 1 is 1.38 bits per heavy atom. The molecule has 1 saturated heterocycles. The minimum Gasteiger partial charge on any atom is -0.491 e. The van der Waals surface area contributed by atoms with E-state index in [-0.39, 0.29) is 18.1 Å². The number of hydrogen-bond donors (Lipinski definition) is 2. The Morgan fingerprint density at radius 3 is 2.62 bits per heavy atom. The van der Waals surface area contributed by atoms with E-state index in [1.807, 2.05) is 20.8 Å². The van der Waals surface area contributed by atoms with E-state index in [1.165, 1.54) is 0 Å². The van der Waals surface area contributed by atoms with Crippen molar-refractivity contribution in [2.24, 2.45) is 0 Å². The fourth-order valence-electron chi connectivity index (χ4n) is 2.55. The topological polar surface area (TPSA) is 87.7 Å². The first kappa shape index (κ1) is 18.5. The second-order valence-corrected chi connectivity index (χ2v) is 7.91. The Balaban J connectivity index is 1.96. The second-order valence-electron chi connectivity index (χ2n) is 6.19. The molecule has 0 bridgehead atoms. The van der Waals surface area contributed by atoms with Crippen molar-refractivity contribution in [3.63, 3.8) is 0 Å². The summed E-state index contributed by atoms with van der Waals surface area (Å²) in [5.74, 6) is -0.267. The van der Waals surface area contributed by atoms with Crippen LogP contribution < -0.4 is 14.8 Å². The fourth-order valence-corrected chi connectivity index (χ4v) is 3.60. The van der Waals surface area contributed by atoms with Crippen molar-refractivity contribution >= 4 is 21.6 Å². The smallest absolute Gasteiger partial charge is 0.241 e. The zero-order valence-corrected chi connectivity index (χ0v) is 15.1. The monoisotopic (exact) mass is 355 g/mol. The number of nitrogens with one attached hydrogen (secondary N) is 2. The third-order valence-corrected chi connectivity index (χ3v) is 4.81. The predicted octanol–water partition coefficient (Wildman–Crippen LogP) is 1.04. The van der Waals surface area contributed by atoms with Gasteiger partial charge in [-0.2, -0.15) is 0 Å². The maximum absolute atomic E-state index is 12.2. The average Bonchev–Trinajstić information content (AvgIpc) is 2.48. The molecule has 0 radical (unpaired) electrons. The van der Waals surface area contributed by atoms with Crippen LogP contribution >= 0.6 is 0 Å². The number of hydrogen-bond acceptors (Lipinski definition) is 5. The number of amides is 1. The molecule has 7 nitrogen and oxygen atoms in total. The van der Waals surface area contributed by atoms with Gasteiger partial charge in [-0.1, -0.05) is 0 Å². The summed E-state index contributed by atoms with van der Waals surface area (Å²) in [6.07, 6.45) is 0.0474. The summed E-state index contributed by atoms with van der Waals surface area (Å²) >= 11 is 0. The van der Waals surface area contributed by atoms with Crippen LogP contribution in [0.4, 0.5) is 5.69 Å². The number of piperazine rings is 1. The third-order valence-electron chi connectivity index (χ3n) is 3.63. The maximum Gasteiger partial charge on any atom is 0.241 e. The molecule has 2 N–H and O–H groups in total. The van der Waals surface area contributed by atoms with Crippen molar-refractivity contribution in [1.82, 2.24) is 10.2 Å². The first-order chi connectivity index (χ1) is 11.3. The van der Waals surface area contributed by atoms with Crippen LogP contribution in [0.25, 0.3) is 0 Å². The molecule has 8 heteroatoms. The summed E-state index contributed by atoms with van der Waals surface area (Å²) in [5.41, 5.74) is 0.410. The lowest BCUT2D eigenvalue weighted by atomic mass is 10.2. The van der Waals surface area contributed by atoms with Crippen molar-refractivity contribution in [1.29, 1.82) is 0 Å². The Kier molecular flexibility index (Phi) is 6.06. The molecule has 1 aromatic rings. The molecule has 24 heavy (non-hydrogen) atoms. The Bertz CT molecular complexity index is 658. The zero-order valence-electron chi connectivity index (χ0n) is 14.3. The lowest BCUT2D eigenvalue weighted by Gasteiger charge is -2.33. The molecule has 1 aliphatic rings. The van der Waals surface area contributed by atoms with E-state index in [0.29, 0.717) is 31.1 Å². The van der Waals surface area contributed by atoms with Crippen molar-refractivity contribution < 1.29 is 17.9 Å². The summed E-state index contributed by atoms with van der Waals surface area (Å²) in [7, 11) is -3.74. The van der Waals surface area contributed by atoms with Gasteiger partial charge in [-0.15, -0.1) is 0 Å². The Morgan fingerprint density at radius 2 is 2.04 bits per heavy atom. The fraction of sp³-hybridized carbons (Fsp3) is 0.562. The molecule has 0 aromatic heterocycles. The van der Waals surface area contributed by atoms with Gasteiger partial charge in [-0.05, 0) is 45.0 Å². The summed E-state index contributed by atoms with van der Waals surface area (Å²) < 4.78 is 32.4.